The molecule has 1 N–H and O–H groups in total. The summed E-state index contributed by atoms with van der Waals surface area (Å²) in [6.45, 7) is 2.83. The Labute approximate surface area is 106 Å². The maximum absolute atomic E-state index is 5.37. The van der Waals surface area contributed by atoms with Crippen LogP contribution in [0, 0.1) is 0 Å². The number of aromatic nitrogens is 4. The molecule has 0 spiro atoms. The molecule has 0 fully saturated rings. The Morgan fingerprint density at radius 2 is 2.06 bits per heavy atom. The maximum Gasteiger partial charge on any atom is 0.161 e. The Balaban J connectivity index is 2.47. The molecule has 0 bridgehead atoms. The lowest BCUT2D eigenvalue weighted by atomic mass is 10.1. The largest absolute Gasteiger partial charge is 0.493 e. The van der Waals surface area contributed by atoms with Gasteiger partial charge in [-0.3, -0.25) is 4.68 Å². The van der Waals surface area contributed by atoms with Crippen molar-refractivity contribution in [2.75, 3.05) is 14.2 Å². The summed E-state index contributed by atoms with van der Waals surface area (Å²) in [5.41, 5.74) is 1.96. The Morgan fingerprint density at radius 3 is 2.61 bits per heavy atom. The van der Waals surface area contributed by atoms with Gasteiger partial charge in [-0.05, 0) is 14.0 Å². The van der Waals surface area contributed by atoms with Gasteiger partial charge in [0, 0.05) is 24.5 Å². The molecule has 0 aliphatic heterocycles. The highest BCUT2D eigenvalue weighted by molar-refractivity contribution is 5.34. The van der Waals surface area contributed by atoms with Crippen LogP contribution in [-0.2, 0) is 6.54 Å². The average Bonchev–Trinajstić information content (AvgIpc) is 2.84. The van der Waals surface area contributed by atoms with Gasteiger partial charge < -0.3 is 10.1 Å². The summed E-state index contributed by atoms with van der Waals surface area (Å²) in [6.07, 6.45) is 6.83. The van der Waals surface area contributed by atoms with Gasteiger partial charge in [0.25, 0.3) is 0 Å². The maximum atomic E-state index is 5.37. The third-order valence-corrected chi connectivity index (χ3v) is 2.84. The number of hydrogen-bond donors (Lipinski definition) is 1. The van der Waals surface area contributed by atoms with E-state index < -0.39 is 0 Å². The number of rotatable bonds is 5. The SMILES string of the molecule is CCn1ncc(OC)c1C(NC)c1cncnc1. The summed E-state index contributed by atoms with van der Waals surface area (Å²) in [5.74, 6) is 0.764. The van der Waals surface area contributed by atoms with Crippen molar-refractivity contribution in [1.82, 2.24) is 25.1 Å². The summed E-state index contributed by atoms with van der Waals surface area (Å²) in [7, 11) is 3.54. The first-order chi connectivity index (χ1) is 8.81. The molecule has 0 saturated carbocycles. The van der Waals surface area contributed by atoms with Crippen LogP contribution in [0.5, 0.6) is 5.75 Å². The van der Waals surface area contributed by atoms with Crippen LogP contribution < -0.4 is 10.1 Å². The van der Waals surface area contributed by atoms with Crippen molar-refractivity contribution in [3.05, 3.63) is 36.2 Å². The fraction of sp³-hybridized carbons (Fsp3) is 0.417. The number of aryl methyl sites for hydroxylation is 1. The van der Waals surface area contributed by atoms with Gasteiger partial charge in [0.1, 0.15) is 12.0 Å². The highest BCUT2D eigenvalue weighted by Gasteiger charge is 2.22. The number of nitrogens with one attached hydrogen (secondary N) is 1. The summed E-state index contributed by atoms with van der Waals surface area (Å²) in [4.78, 5) is 8.11. The second-order valence-electron chi connectivity index (χ2n) is 3.81. The molecule has 1 unspecified atom stereocenters. The molecule has 6 heteroatoms. The Morgan fingerprint density at radius 1 is 1.33 bits per heavy atom. The standard InChI is InChI=1S/C12H17N5O/c1-4-17-12(10(18-3)7-16-17)11(13-2)9-5-14-8-15-6-9/h5-8,11,13H,4H2,1-3H3. The molecular formula is C12H17N5O. The molecule has 2 aromatic rings. The van der Waals surface area contributed by atoms with E-state index in [4.69, 9.17) is 4.74 Å². The third-order valence-electron chi connectivity index (χ3n) is 2.84. The molecule has 96 valence electrons. The topological polar surface area (TPSA) is 64.9 Å². The minimum atomic E-state index is -0.0383. The van der Waals surface area contributed by atoms with E-state index in [0.717, 1.165) is 23.6 Å². The van der Waals surface area contributed by atoms with E-state index in [1.165, 1.54) is 6.33 Å². The van der Waals surface area contributed by atoms with E-state index in [-0.39, 0.29) is 6.04 Å². The van der Waals surface area contributed by atoms with E-state index in [2.05, 4.69) is 20.4 Å². The predicted molar refractivity (Wildman–Crippen MR) is 67.4 cm³/mol. The molecule has 0 aromatic carbocycles. The van der Waals surface area contributed by atoms with Crippen LogP contribution in [0.25, 0.3) is 0 Å². The average molecular weight is 247 g/mol. The van der Waals surface area contributed by atoms with Gasteiger partial charge in [0.15, 0.2) is 5.75 Å². The Kier molecular flexibility index (Phi) is 3.88. The lowest BCUT2D eigenvalue weighted by Gasteiger charge is -2.18. The van der Waals surface area contributed by atoms with Gasteiger partial charge in [-0.1, -0.05) is 0 Å². The molecule has 2 heterocycles. The van der Waals surface area contributed by atoms with Crippen molar-refractivity contribution < 1.29 is 4.74 Å². The quantitative estimate of drug-likeness (QED) is 0.854. The third kappa shape index (κ3) is 2.19. The van der Waals surface area contributed by atoms with E-state index >= 15 is 0 Å². The normalized spacial score (nSPS) is 12.4. The molecule has 0 radical (unpaired) electrons. The van der Waals surface area contributed by atoms with E-state index in [0.29, 0.717) is 0 Å². The molecule has 0 amide bonds. The van der Waals surface area contributed by atoms with E-state index in [9.17, 15) is 0 Å². The monoisotopic (exact) mass is 247 g/mol. The van der Waals surface area contributed by atoms with E-state index in [1.807, 2.05) is 18.7 Å². The highest BCUT2D eigenvalue weighted by Crippen LogP contribution is 2.28. The van der Waals surface area contributed by atoms with Crippen molar-refractivity contribution in [3.8, 4) is 5.75 Å². The summed E-state index contributed by atoms with van der Waals surface area (Å²) in [6, 6.07) is -0.0383. The predicted octanol–water partition coefficient (Wildman–Crippen LogP) is 1.01. The van der Waals surface area contributed by atoms with Crippen molar-refractivity contribution in [2.24, 2.45) is 0 Å². The van der Waals surface area contributed by atoms with Crippen molar-refractivity contribution >= 4 is 0 Å². The zero-order chi connectivity index (χ0) is 13.0. The highest BCUT2D eigenvalue weighted by atomic mass is 16.5. The van der Waals surface area contributed by atoms with Gasteiger partial charge in [-0.25, -0.2) is 9.97 Å². The lowest BCUT2D eigenvalue weighted by Crippen LogP contribution is -2.22. The fourth-order valence-electron chi connectivity index (χ4n) is 2.00. The van der Waals surface area contributed by atoms with Crippen LogP contribution in [-0.4, -0.2) is 33.9 Å². The van der Waals surface area contributed by atoms with Gasteiger partial charge in [0.2, 0.25) is 0 Å². The summed E-state index contributed by atoms with van der Waals surface area (Å²) < 4.78 is 7.28. The first-order valence-electron chi connectivity index (χ1n) is 5.83. The number of hydrogen-bond acceptors (Lipinski definition) is 5. The second kappa shape index (κ2) is 5.59. The van der Waals surface area contributed by atoms with Crippen molar-refractivity contribution in [3.63, 3.8) is 0 Å². The van der Waals surface area contributed by atoms with Crippen molar-refractivity contribution in [1.29, 1.82) is 0 Å². The summed E-state index contributed by atoms with van der Waals surface area (Å²) in [5, 5.41) is 7.56. The smallest absolute Gasteiger partial charge is 0.161 e. The Hall–Kier alpha value is -1.95. The second-order valence-corrected chi connectivity index (χ2v) is 3.81. The lowest BCUT2D eigenvalue weighted by molar-refractivity contribution is 0.401. The van der Waals surface area contributed by atoms with Gasteiger partial charge >= 0.3 is 0 Å². The molecule has 2 aromatic heterocycles. The molecule has 18 heavy (non-hydrogen) atoms. The van der Waals surface area contributed by atoms with E-state index in [1.54, 1.807) is 25.7 Å². The van der Waals surface area contributed by atoms with Gasteiger partial charge in [0.05, 0.1) is 19.3 Å². The molecule has 0 saturated heterocycles. The van der Waals surface area contributed by atoms with Crippen LogP contribution in [0.1, 0.15) is 24.2 Å². The van der Waals surface area contributed by atoms with Crippen LogP contribution in [0.4, 0.5) is 0 Å². The minimum absolute atomic E-state index is 0.0383. The molecule has 1 atom stereocenters. The fourth-order valence-corrected chi connectivity index (χ4v) is 2.00. The Bertz CT molecular complexity index is 475. The van der Waals surface area contributed by atoms with Crippen LogP contribution in [0.3, 0.4) is 0 Å². The molecule has 2 rings (SSSR count). The van der Waals surface area contributed by atoms with Crippen molar-refractivity contribution in [2.45, 2.75) is 19.5 Å². The van der Waals surface area contributed by atoms with Crippen LogP contribution >= 0.6 is 0 Å². The first kappa shape index (κ1) is 12.5. The van der Waals surface area contributed by atoms with Gasteiger partial charge in [-0.2, -0.15) is 5.10 Å². The number of ether oxygens (including phenoxy) is 1. The molecule has 6 nitrogen and oxygen atoms in total. The van der Waals surface area contributed by atoms with Crippen LogP contribution in [0.2, 0.25) is 0 Å². The molecule has 0 aliphatic rings. The molecular weight excluding hydrogens is 230 g/mol. The van der Waals surface area contributed by atoms with Gasteiger partial charge in [-0.15, -0.1) is 0 Å². The minimum Gasteiger partial charge on any atom is -0.493 e. The summed E-state index contributed by atoms with van der Waals surface area (Å²) >= 11 is 0. The van der Waals surface area contributed by atoms with Crippen LogP contribution in [0.15, 0.2) is 24.9 Å². The number of nitrogens with zero attached hydrogens (tertiary/aromatic N) is 4. The number of methoxy groups -OCH3 is 1. The zero-order valence-corrected chi connectivity index (χ0v) is 10.8. The zero-order valence-electron chi connectivity index (χ0n) is 10.8. The molecule has 0 aliphatic carbocycles. The first-order valence-corrected chi connectivity index (χ1v) is 5.83.